The smallest absolute Gasteiger partial charge is 0.408 e. The van der Waals surface area contributed by atoms with E-state index < -0.39 is 62.4 Å². The number of carbonyl (C=O) groups excluding carboxylic acids is 4. The Morgan fingerprint density at radius 3 is 2.42 bits per heavy atom. The molecule has 0 bridgehead atoms. The number of likely N-dealkylation sites (tertiary alicyclic amines) is 1. The zero-order valence-corrected chi connectivity index (χ0v) is 24.7. The van der Waals surface area contributed by atoms with Crippen LogP contribution in [-0.4, -0.2) is 77.3 Å². The topological polar surface area (TPSA) is 185 Å². The van der Waals surface area contributed by atoms with E-state index in [-0.39, 0.29) is 24.8 Å². The Labute approximate surface area is 236 Å². The monoisotopic (exact) mass is 584 g/mol. The number of primary amides is 1. The number of allylic oxidation sites excluding steroid dienone is 2. The maximum absolute atomic E-state index is 13.2. The number of β-amino-alcohol motifs (C(OH)–C–C–N with tert-alkyl or cyclic N) is 1. The van der Waals surface area contributed by atoms with Crippen LogP contribution in [0.4, 0.5) is 4.79 Å². The number of sulfonamides is 1. The molecule has 1 heterocycles. The summed E-state index contributed by atoms with van der Waals surface area (Å²) in [6.45, 7) is 6.75. The van der Waals surface area contributed by atoms with Crippen LogP contribution in [0.3, 0.4) is 0 Å². The molecule has 3 rings (SSSR count). The highest BCUT2D eigenvalue weighted by atomic mass is 32.2. The van der Waals surface area contributed by atoms with Crippen LogP contribution in [0.25, 0.3) is 0 Å². The number of unbranched alkanes of at least 4 members (excludes halogenated alkanes) is 3. The summed E-state index contributed by atoms with van der Waals surface area (Å²) in [6, 6.07) is -1.86. The van der Waals surface area contributed by atoms with E-state index in [2.05, 4.69) is 10.0 Å². The Hall–Kier alpha value is -2.67. The fourth-order valence-corrected chi connectivity index (χ4v) is 6.10. The van der Waals surface area contributed by atoms with Crippen molar-refractivity contribution in [1.29, 1.82) is 0 Å². The highest BCUT2D eigenvalue weighted by Gasteiger charge is 2.52. The number of alkyl carbamates (subject to hydrolysis) is 1. The number of amides is 4. The number of rotatable bonds is 13. The van der Waals surface area contributed by atoms with Gasteiger partial charge in [0.25, 0.3) is 0 Å². The quantitative estimate of drug-likeness (QED) is 0.185. The van der Waals surface area contributed by atoms with E-state index in [0.29, 0.717) is 32.1 Å². The van der Waals surface area contributed by atoms with E-state index in [1.807, 2.05) is 12.2 Å². The highest BCUT2D eigenvalue weighted by molar-refractivity contribution is 7.91. The summed E-state index contributed by atoms with van der Waals surface area (Å²) in [5.74, 6) is -1.90. The lowest BCUT2D eigenvalue weighted by Gasteiger charge is -2.28. The average Bonchev–Trinajstić information content (AvgIpc) is 3.73. The van der Waals surface area contributed by atoms with Gasteiger partial charge in [-0.2, -0.15) is 0 Å². The van der Waals surface area contributed by atoms with E-state index in [9.17, 15) is 32.7 Å². The first-order valence-corrected chi connectivity index (χ1v) is 15.5. The van der Waals surface area contributed by atoms with Crippen LogP contribution >= 0.6 is 0 Å². The van der Waals surface area contributed by atoms with Crippen LogP contribution in [0.5, 0.6) is 0 Å². The summed E-state index contributed by atoms with van der Waals surface area (Å²) in [4.78, 5) is 51.0. The van der Waals surface area contributed by atoms with Crippen molar-refractivity contribution in [2.45, 2.75) is 114 Å². The number of aliphatic hydroxyl groups excluding tert-OH is 1. The molecule has 1 aliphatic heterocycles. The standard InChI is InChI=1S/C27H44N4O8S/c1-26(2,3)39-25(36)29-20(24(35)31-16-18(32)15-21(31)22(28)33)11-9-7-5-6-8-10-17-14-19(17)23(34)30-40(37,38)27(4)12-13-27/h8,10,17-21,32H,5-7,9,11-16H2,1-4H3,(H2,28,33)(H,29,36)(H,30,34)/b10-8-/t17-,18-,19+,20+,21+/m1/s1. The predicted octanol–water partition coefficient (Wildman–Crippen LogP) is 1.47. The molecule has 5 N–H and O–H groups in total. The summed E-state index contributed by atoms with van der Waals surface area (Å²) in [5.41, 5.74) is 4.67. The molecule has 0 spiro atoms. The van der Waals surface area contributed by atoms with Gasteiger partial charge in [0.2, 0.25) is 27.7 Å². The summed E-state index contributed by atoms with van der Waals surface area (Å²) in [5, 5.41) is 12.6. The molecule has 2 aliphatic carbocycles. The molecule has 0 radical (unpaired) electrons. The van der Waals surface area contributed by atoms with Crippen molar-refractivity contribution in [2.24, 2.45) is 17.6 Å². The van der Waals surface area contributed by atoms with Gasteiger partial charge in [-0.3, -0.25) is 19.1 Å². The van der Waals surface area contributed by atoms with Gasteiger partial charge in [0.05, 0.1) is 10.9 Å². The highest BCUT2D eigenvalue weighted by Crippen LogP contribution is 2.44. The molecule has 0 unspecified atom stereocenters. The largest absolute Gasteiger partial charge is 0.444 e. The molecule has 1 saturated heterocycles. The van der Waals surface area contributed by atoms with Gasteiger partial charge in [0.15, 0.2) is 0 Å². The van der Waals surface area contributed by atoms with Gasteiger partial charge in [-0.05, 0) is 72.1 Å². The van der Waals surface area contributed by atoms with Crippen LogP contribution in [0, 0.1) is 11.8 Å². The Kier molecular flexibility index (Phi) is 9.92. The fraction of sp³-hybridized carbons (Fsp3) is 0.778. The number of ether oxygens (including phenoxy) is 1. The maximum Gasteiger partial charge on any atom is 0.408 e. The zero-order valence-electron chi connectivity index (χ0n) is 23.9. The number of aliphatic hydroxyl groups is 1. The second kappa shape index (κ2) is 12.5. The molecule has 226 valence electrons. The molecule has 2 saturated carbocycles. The SMILES string of the molecule is CC(C)(C)OC(=O)N[C@@H](CCCCC/C=C\[C@@H]1C[C@@H]1C(=O)NS(=O)(=O)C1(C)CC1)C(=O)N1C[C@H](O)C[C@H]1C(N)=O. The summed E-state index contributed by atoms with van der Waals surface area (Å²) in [6.07, 6.45) is 7.43. The molecule has 4 amide bonds. The van der Waals surface area contributed by atoms with Crippen molar-refractivity contribution in [2.75, 3.05) is 6.54 Å². The summed E-state index contributed by atoms with van der Waals surface area (Å²) < 4.78 is 31.2. The minimum Gasteiger partial charge on any atom is -0.444 e. The Bertz CT molecular complexity index is 1110. The Morgan fingerprint density at radius 2 is 1.82 bits per heavy atom. The molecule has 13 heteroatoms. The van der Waals surface area contributed by atoms with Crippen LogP contribution < -0.4 is 15.8 Å². The van der Waals surface area contributed by atoms with Crippen LogP contribution in [0.1, 0.15) is 85.5 Å². The Morgan fingerprint density at radius 1 is 1.15 bits per heavy atom. The minimum absolute atomic E-state index is 0.0326. The summed E-state index contributed by atoms with van der Waals surface area (Å²) in [7, 11) is -3.62. The molecule has 12 nitrogen and oxygen atoms in total. The van der Waals surface area contributed by atoms with Gasteiger partial charge >= 0.3 is 6.09 Å². The van der Waals surface area contributed by atoms with Crippen molar-refractivity contribution in [3.8, 4) is 0 Å². The van der Waals surface area contributed by atoms with Gasteiger partial charge in [-0.15, -0.1) is 0 Å². The van der Waals surface area contributed by atoms with E-state index in [1.54, 1.807) is 27.7 Å². The van der Waals surface area contributed by atoms with Crippen LogP contribution in [0.2, 0.25) is 0 Å². The lowest BCUT2D eigenvalue weighted by molar-refractivity contribution is -0.139. The van der Waals surface area contributed by atoms with E-state index >= 15 is 0 Å². The molecule has 3 aliphatic rings. The van der Waals surface area contributed by atoms with Gasteiger partial charge < -0.3 is 25.8 Å². The Balaban J connectivity index is 1.43. The second-order valence-electron chi connectivity index (χ2n) is 12.5. The number of nitrogens with two attached hydrogens (primary N) is 1. The number of nitrogens with zero attached hydrogens (tertiary/aromatic N) is 1. The van der Waals surface area contributed by atoms with Crippen molar-refractivity contribution >= 4 is 33.8 Å². The average molecular weight is 585 g/mol. The van der Waals surface area contributed by atoms with Gasteiger partial charge in [-0.25, -0.2) is 13.2 Å². The zero-order chi connectivity index (χ0) is 29.9. The third-order valence-corrected chi connectivity index (χ3v) is 9.82. The number of hydrogen-bond donors (Lipinski definition) is 4. The fourth-order valence-electron chi connectivity index (χ4n) is 4.80. The van der Waals surface area contributed by atoms with E-state index in [4.69, 9.17) is 10.5 Å². The van der Waals surface area contributed by atoms with Gasteiger partial charge in [-0.1, -0.05) is 25.0 Å². The first-order chi connectivity index (χ1) is 18.5. The van der Waals surface area contributed by atoms with E-state index in [1.165, 1.54) is 4.90 Å². The van der Waals surface area contributed by atoms with E-state index in [0.717, 1.165) is 19.3 Å². The lowest BCUT2D eigenvalue weighted by atomic mass is 10.0. The lowest BCUT2D eigenvalue weighted by Crippen LogP contribution is -2.53. The third-order valence-electron chi connectivity index (χ3n) is 7.64. The molecule has 0 aromatic carbocycles. The first-order valence-electron chi connectivity index (χ1n) is 14.0. The third kappa shape index (κ3) is 8.66. The molecule has 40 heavy (non-hydrogen) atoms. The predicted molar refractivity (Wildman–Crippen MR) is 147 cm³/mol. The minimum atomic E-state index is -3.62. The number of nitrogens with one attached hydrogen (secondary N) is 2. The maximum atomic E-state index is 13.2. The molecule has 0 aromatic rings. The van der Waals surface area contributed by atoms with Crippen LogP contribution in [-0.2, 0) is 29.1 Å². The first kappa shape index (κ1) is 31.9. The summed E-state index contributed by atoms with van der Waals surface area (Å²) >= 11 is 0. The van der Waals surface area contributed by atoms with Crippen molar-refractivity contribution in [1.82, 2.24) is 14.9 Å². The molecular formula is C27H44N4O8S. The molecule has 5 atom stereocenters. The van der Waals surface area contributed by atoms with Crippen molar-refractivity contribution in [3.63, 3.8) is 0 Å². The molecule has 3 fully saturated rings. The second-order valence-corrected chi connectivity index (χ2v) is 14.7. The van der Waals surface area contributed by atoms with Gasteiger partial charge in [0.1, 0.15) is 17.7 Å². The molecular weight excluding hydrogens is 540 g/mol. The van der Waals surface area contributed by atoms with Crippen LogP contribution in [0.15, 0.2) is 12.2 Å². The molecule has 0 aromatic heterocycles. The number of carbonyl (C=O) groups is 4. The number of hydrogen-bond acceptors (Lipinski definition) is 8. The van der Waals surface area contributed by atoms with Crippen molar-refractivity contribution in [3.05, 3.63) is 12.2 Å². The van der Waals surface area contributed by atoms with Crippen molar-refractivity contribution < 1.29 is 37.4 Å². The normalized spacial score (nSPS) is 26.3. The van der Waals surface area contributed by atoms with Gasteiger partial charge in [0, 0.05) is 18.9 Å².